The number of methoxy groups -OCH3 is 1. The first-order chi connectivity index (χ1) is 17.6. The van der Waals surface area contributed by atoms with Gasteiger partial charge in [0.25, 0.3) is 0 Å². The van der Waals surface area contributed by atoms with Gasteiger partial charge in [-0.2, -0.15) is 0 Å². The Morgan fingerprint density at radius 3 is 2.38 bits per heavy atom. The van der Waals surface area contributed by atoms with Gasteiger partial charge >= 0.3 is 12.0 Å². The van der Waals surface area contributed by atoms with Gasteiger partial charge in [0.2, 0.25) is 0 Å². The third kappa shape index (κ3) is 5.22. The van der Waals surface area contributed by atoms with Crippen molar-refractivity contribution in [1.29, 1.82) is 0 Å². The molecule has 4 atom stereocenters. The van der Waals surface area contributed by atoms with E-state index >= 15 is 0 Å². The van der Waals surface area contributed by atoms with Gasteiger partial charge < -0.3 is 28.3 Å². The second kappa shape index (κ2) is 9.85. The summed E-state index contributed by atoms with van der Waals surface area (Å²) in [4.78, 5) is 33.5. The Morgan fingerprint density at radius 2 is 1.73 bits per heavy atom. The minimum absolute atomic E-state index is 0.0110. The van der Waals surface area contributed by atoms with Gasteiger partial charge in [-0.3, -0.25) is 9.59 Å². The van der Waals surface area contributed by atoms with Crippen LogP contribution in [0.1, 0.15) is 38.1 Å². The van der Waals surface area contributed by atoms with E-state index in [-0.39, 0.29) is 48.7 Å². The fraction of sp³-hybridized carbons (Fsp3) is 0.481. The van der Waals surface area contributed by atoms with Crippen molar-refractivity contribution in [2.75, 3.05) is 20.3 Å². The first-order valence-corrected chi connectivity index (χ1v) is 12.2. The number of esters is 1. The number of carbonyl (C=O) groups is 2. The Hall–Kier alpha value is -3.34. The molecule has 0 amide bonds. The quantitative estimate of drug-likeness (QED) is 0.350. The van der Waals surface area contributed by atoms with Gasteiger partial charge in [0.05, 0.1) is 13.2 Å². The lowest BCUT2D eigenvalue weighted by Crippen LogP contribution is -2.35. The standard InChI is InChI=1S/C27H31N3O7/c1-15(31)19-11-30(12-23(32)37-27(2,3)4)20-7-6-16(8-18(19)20)17-9-28-26(29-10-17)36-22-14-35-24-21(33-5)13-34-25(22)24/h6-11,21-22,24-25H,12-14H2,1-5H3/t21-,22-,24-,25-/m1/s1. The Morgan fingerprint density at radius 1 is 1.05 bits per heavy atom. The van der Waals surface area contributed by atoms with Crippen molar-refractivity contribution < 1.29 is 33.3 Å². The molecular formula is C27H31N3O7. The van der Waals surface area contributed by atoms with Gasteiger partial charge in [-0.15, -0.1) is 0 Å². The molecule has 2 saturated heterocycles. The molecule has 2 aliphatic rings. The van der Waals surface area contributed by atoms with Crippen LogP contribution in [0.2, 0.25) is 0 Å². The summed E-state index contributed by atoms with van der Waals surface area (Å²) in [7, 11) is 1.64. The van der Waals surface area contributed by atoms with E-state index in [2.05, 4.69) is 9.97 Å². The van der Waals surface area contributed by atoms with Crippen LogP contribution < -0.4 is 4.74 Å². The number of hydrogen-bond acceptors (Lipinski definition) is 9. The number of benzene rings is 1. The predicted octanol–water partition coefficient (Wildman–Crippen LogP) is 3.20. The van der Waals surface area contributed by atoms with Crippen LogP contribution >= 0.6 is 0 Å². The molecule has 0 saturated carbocycles. The van der Waals surface area contributed by atoms with Crippen molar-refractivity contribution in [2.24, 2.45) is 0 Å². The first kappa shape index (κ1) is 25.3. The van der Waals surface area contributed by atoms with Crippen molar-refractivity contribution in [3.05, 3.63) is 42.4 Å². The summed E-state index contributed by atoms with van der Waals surface area (Å²) < 4.78 is 30.1. The molecule has 0 unspecified atom stereocenters. The molecule has 0 bridgehead atoms. The molecule has 10 heteroatoms. The molecule has 1 aromatic carbocycles. The number of nitrogens with zero attached hydrogens (tertiary/aromatic N) is 3. The van der Waals surface area contributed by atoms with E-state index in [1.165, 1.54) is 6.92 Å². The lowest BCUT2D eigenvalue weighted by molar-refractivity contribution is -0.155. The molecule has 2 fully saturated rings. The summed E-state index contributed by atoms with van der Waals surface area (Å²) in [5.41, 5.74) is 2.31. The van der Waals surface area contributed by atoms with E-state index in [0.29, 0.717) is 18.8 Å². The summed E-state index contributed by atoms with van der Waals surface area (Å²) in [6.45, 7) is 7.83. The molecule has 0 aliphatic carbocycles. The smallest absolute Gasteiger partial charge is 0.326 e. The average molecular weight is 510 g/mol. The molecule has 37 heavy (non-hydrogen) atoms. The normalized spacial score (nSPS) is 23.3. The second-order valence-corrected chi connectivity index (χ2v) is 10.3. The van der Waals surface area contributed by atoms with Crippen molar-refractivity contribution in [1.82, 2.24) is 14.5 Å². The Labute approximate surface area is 214 Å². The molecule has 2 aliphatic heterocycles. The molecular weight excluding hydrogens is 478 g/mol. The van der Waals surface area contributed by atoms with E-state index in [9.17, 15) is 9.59 Å². The fourth-order valence-corrected chi connectivity index (χ4v) is 4.79. The Balaban J connectivity index is 1.34. The largest absolute Gasteiger partial charge is 0.459 e. The maximum atomic E-state index is 12.4. The van der Waals surface area contributed by atoms with E-state index in [4.69, 9.17) is 23.7 Å². The highest BCUT2D eigenvalue weighted by atomic mass is 16.6. The zero-order valence-electron chi connectivity index (χ0n) is 21.6. The summed E-state index contributed by atoms with van der Waals surface area (Å²) >= 11 is 0. The SMILES string of the molecule is CO[C@@H]1CO[C@H]2[C@@H]1OC[C@H]2Oc1ncc(-c2ccc3c(c2)c(C(C)=O)cn3CC(=O)OC(C)(C)C)cn1. The van der Waals surface area contributed by atoms with Crippen LogP contribution in [0, 0.1) is 0 Å². The lowest BCUT2D eigenvalue weighted by atomic mass is 10.0. The van der Waals surface area contributed by atoms with Crippen molar-refractivity contribution in [3.63, 3.8) is 0 Å². The highest BCUT2D eigenvalue weighted by molar-refractivity contribution is 6.08. The number of aromatic nitrogens is 3. The zero-order chi connectivity index (χ0) is 26.3. The molecule has 4 heterocycles. The van der Waals surface area contributed by atoms with Crippen LogP contribution in [0.3, 0.4) is 0 Å². The third-order valence-corrected chi connectivity index (χ3v) is 6.46. The maximum absolute atomic E-state index is 12.4. The van der Waals surface area contributed by atoms with E-state index in [1.807, 2.05) is 39.0 Å². The minimum Gasteiger partial charge on any atom is -0.459 e. The first-order valence-electron chi connectivity index (χ1n) is 12.2. The highest BCUT2D eigenvalue weighted by Crippen LogP contribution is 2.31. The molecule has 10 nitrogen and oxygen atoms in total. The van der Waals surface area contributed by atoms with Crippen molar-refractivity contribution in [3.8, 4) is 17.1 Å². The van der Waals surface area contributed by atoms with Gasteiger partial charge in [-0.25, -0.2) is 9.97 Å². The Bertz CT molecular complexity index is 1310. The van der Waals surface area contributed by atoms with Gasteiger partial charge in [-0.05, 0) is 45.4 Å². The van der Waals surface area contributed by atoms with Crippen molar-refractivity contribution >= 4 is 22.7 Å². The van der Waals surface area contributed by atoms with Crippen molar-refractivity contribution in [2.45, 2.75) is 64.3 Å². The van der Waals surface area contributed by atoms with Crippen LogP contribution in [-0.4, -0.2) is 76.6 Å². The fourth-order valence-electron chi connectivity index (χ4n) is 4.79. The van der Waals surface area contributed by atoms with Crippen LogP contribution in [0.5, 0.6) is 6.01 Å². The number of ketones is 1. The number of fused-ring (bicyclic) bond motifs is 2. The summed E-state index contributed by atoms with van der Waals surface area (Å²) in [5.74, 6) is -0.459. The van der Waals surface area contributed by atoms with Gasteiger partial charge in [0, 0.05) is 47.7 Å². The minimum atomic E-state index is -0.588. The number of rotatable bonds is 7. The zero-order valence-corrected chi connectivity index (χ0v) is 21.6. The van der Waals surface area contributed by atoms with Gasteiger partial charge in [-0.1, -0.05) is 6.07 Å². The monoisotopic (exact) mass is 509 g/mol. The molecule has 3 aromatic rings. The van der Waals surface area contributed by atoms with E-state index in [0.717, 1.165) is 22.0 Å². The van der Waals surface area contributed by atoms with Crippen LogP contribution in [0.4, 0.5) is 0 Å². The molecule has 0 N–H and O–H groups in total. The molecule has 2 aromatic heterocycles. The van der Waals surface area contributed by atoms with E-state index in [1.54, 1.807) is 30.3 Å². The third-order valence-electron chi connectivity index (χ3n) is 6.46. The Kier molecular flexibility index (Phi) is 6.74. The van der Waals surface area contributed by atoms with Gasteiger partial charge in [0.1, 0.15) is 30.5 Å². The lowest BCUT2D eigenvalue weighted by Gasteiger charge is -2.19. The topological polar surface area (TPSA) is 111 Å². The average Bonchev–Trinajstić information content (AvgIpc) is 3.53. The predicted molar refractivity (Wildman–Crippen MR) is 134 cm³/mol. The second-order valence-electron chi connectivity index (χ2n) is 10.3. The van der Waals surface area contributed by atoms with Crippen LogP contribution in [0.15, 0.2) is 36.8 Å². The highest BCUT2D eigenvalue weighted by Gasteiger charge is 2.49. The number of hydrogen-bond donors (Lipinski definition) is 0. The van der Waals surface area contributed by atoms with Gasteiger partial charge in [0.15, 0.2) is 11.9 Å². The molecule has 0 spiro atoms. The molecule has 5 rings (SSSR count). The molecule has 196 valence electrons. The maximum Gasteiger partial charge on any atom is 0.326 e. The molecule has 0 radical (unpaired) electrons. The number of ether oxygens (including phenoxy) is 5. The summed E-state index contributed by atoms with van der Waals surface area (Å²) in [5, 5.41) is 0.745. The number of carbonyl (C=O) groups excluding carboxylic acids is 2. The van der Waals surface area contributed by atoms with Crippen LogP contribution in [-0.2, 0) is 30.3 Å². The summed E-state index contributed by atoms with van der Waals surface area (Å²) in [6.07, 6.45) is 4.27. The van der Waals surface area contributed by atoms with E-state index < -0.39 is 5.60 Å². The summed E-state index contributed by atoms with van der Waals surface area (Å²) in [6, 6.07) is 5.93. The van der Waals surface area contributed by atoms with Crippen LogP contribution in [0.25, 0.3) is 22.0 Å². The number of Topliss-reactive ketones (excluding diaryl/α,β-unsaturated/α-hetero) is 1.